The van der Waals surface area contributed by atoms with Gasteiger partial charge in [0.05, 0.1) is 25.3 Å². The van der Waals surface area contributed by atoms with E-state index in [1.165, 1.54) is 7.11 Å². The van der Waals surface area contributed by atoms with Crippen molar-refractivity contribution in [1.82, 2.24) is 4.98 Å². The molecule has 0 N–H and O–H groups in total. The third-order valence-corrected chi connectivity index (χ3v) is 4.63. The summed E-state index contributed by atoms with van der Waals surface area (Å²) in [5, 5.41) is 1.09. The van der Waals surface area contributed by atoms with Gasteiger partial charge in [0.15, 0.2) is 6.10 Å². The fraction of sp³-hybridized carbons (Fsp3) is 0.375. The van der Waals surface area contributed by atoms with Crippen LogP contribution in [0.15, 0.2) is 30.5 Å². The molecule has 1 aromatic heterocycles. The number of pyridine rings is 1. The topological polar surface area (TPSA) is 51.7 Å². The molecule has 0 aliphatic carbocycles. The minimum absolute atomic E-state index is 0.0381. The highest BCUT2D eigenvalue weighted by Gasteiger charge is 2.31. The number of anilines is 1. The van der Waals surface area contributed by atoms with Gasteiger partial charge in [-0.05, 0) is 53.8 Å². The second-order valence-electron chi connectivity index (χ2n) is 5.33. The van der Waals surface area contributed by atoms with Crippen LogP contribution >= 0.6 is 22.6 Å². The lowest BCUT2D eigenvalue weighted by Gasteiger charge is -2.37. The number of morpholine rings is 1. The smallest absolute Gasteiger partial charge is 0.336 e. The third-order valence-electron chi connectivity index (χ3n) is 3.76. The Hall–Kier alpha value is -1.41. The van der Waals surface area contributed by atoms with Crippen molar-refractivity contribution >= 4 is 45.2 Å². The summed E-state index contributed by atoms with van der Waals surface area (Å²) in [5.41, 5.74) is 2.06. The van der Waals surface area contributed by atoms with Gasteiger partial charge in [0.1, 0.15) is 0 Å². The first-order valence-electron chi connectivity index (χ1n) is 7.11. The SMILES string of the molecule is COC(=O)[C@H]1CN(c2ccc(I)c3ncccc23)C[C@@H](C)O1. The lowest BCUT2D eigenvalue weighted by atomic mass is 10.1. The van der Waals surface area contributed by atoms with Crippen LogP contribution in [0.3, 0.4) is 0 Å². The fourth-order valence-electron chi connectivity index (χ4n) is 2.81. The van der Waals surface area contributed by atoms with Gasteiger partial charge in [0, 0.05) is 27.4 Å². The molecule has 116 valence electrons. The van der Waals surface area contributed by atoms with Gasteiger partial charge >= 0.3 is 5.97 Å². The second-order valence-corrected chi connectivity index (χ2v) is 6.49. The van der Waals surface area contributed by atoms with Crippen molar-refractivity contribution in [2.24, 2.45) is 0 Å². The number of aromatic nitrogens is 1. The molecule has 3 rings (SSSR count). The van der Waals surface area contributed by atoms with Crippen LogP contribution in [0, 0.1) is 3.57 Å². The number of carbonyl (C=O) groups excluding carboxylic acids is 1. The molecular weight excluding hydrogens is 395 g/mol. The number of esters is 1. The molecule has 2 heterocycles. The number of methoxy groups -OCH3 is 1. The number of hydrogen-bond acceptors (Lipinski definition) is 5. The maximum absolute atomic E-state index is 11.8. The van der Waals surface area contributed by atoms with E-state index >= 15 is 0 Å². The largest absolute Gasteiger partial charge is 0.467 e. The van der Waals surface area contributed by atoms with Gasteiger partial charge in [0.25, 0.3) is 0 Å². The average molecular weight is 412 g/mol. The van der Waals surface area contributed by atoms with Crippen molar-refractivity contribution in [1.29, 1.82) is 0 Å². The minimum atomic E-state index is -0.556. The van der Waals surface area contributed by atoms with E-state index in [4.69, 9.17) is 9.47 Å². The first kappa shape index (κ1) is 15.5. The summed E-state index contributed by atoms with van der Waals surface area (Å²) in [4.78, 5) is 18.5. The summed E-state index contributed by atoms with van der Waals surface area (Å²) in [7, 11) is 1.39. The van der Waals surface area contributed by atoms with Crippen LogP contribution in [0.2, 0.25) is 0 Å². The number of ether oxygens (including phenoxy) is 2. The number of benzene rings is 1. The molecule has 5 nitrogen and oxygen atoms in total. The van der Waals surface area contributed by atoms with Gasteiger partial charge in [-0.15, -0.1) is 0 Å². The van der Waals surface area contributed by atoms with Crippen molar-refractivity contribution in [3.05, 3.63) is 34.0 Å². The van der Waals surface area contributed by atoms with Gasteiger partial charge in [-0.3, -0.25) is 4.98 Å². The molecule has 0 saturated carbocycles. The number of nitrogens with zero attached hydrogens (tertiary/aromatic N) is 2. The van der Waals surface area contributed by atoms with Crippen LogP contribution in [-0.4, -0.2) is 43.4 Å². The van der Waals surface area contributed by atoms with E-state index in [2.05, 4.69) is 50.7 Å². The van der Waals surface area contributed by atoms with Gasteiger partial charge in [-0.25, -0.2) is 4.79 Å². The van der Waals surface area contributed by atoms with Crippen molar-refractivity contribution in [2.45, 2.75) is 19.1 Å². The molecule has 1 saturated heterocycles. The quantitative estimate of drug-likeness (QED) is 0.561. The van der Waals surface area contributed by atoms with E-state index in [0.717, 1.165) is 26.7 Å². The maximum Gasteiger partial charge on any atom is 0.336 e. The molecule has 0 radical (unpaired) electrons. The molecule has 2 atom stereocenters. The van der Waals surface area contributed by atoms with Gasteiger partial charge in [-0.2, -0.15) is 0 Å². The van der Waals surface area contributed by atoms with E-state index < -0.39 is 6.10 Å². The zero-order valence-corrected chi connectivity index (χ0v) is 14.6. The van der Waals surface area contributed by atoms with E-state index in [0.29, 0.717) is 6.54 Å². The molecule has 1 aliphatic rings. The molecule has 2 aromatic rings. The summed E-state index contributed by atoms with van der Waals surface area (Å²) in [6.45, 7) is 3.19. The van der Waals surface area contributed by atoms with Crippen LogP contribution in [-0.2, 0) is 14.3 Å². The van der Waals surface area contributed by atoms with Crippen molar-refractivity contribution < 1.29 is 14.3 Å². The highest BCUT2D eigenvalue weighted by Crippen LogP contribution is 2.31. The number of rotatable bonds is 2. The third kappa shape index (κ3) is 2.89. The standard InChI is InChI=1S/C16H17IN2O3/c1-10-8-19(9-14(22-10)16(20)21-2)13-6-5-12(17)15-11(13)4-3-7-18-15/h3-7,10,14H,8-9H2,1-2H3/t10-,14-/m1/s1. The lowest BCUT2D eigenvalue weighted by molar-refractivity contribution is -0.158. The van der Waals surface area contributed by atoms with Gasteiger partial charge < -0.3 is 14.4 Å². The Kier molecular flexibility index (Phi) is 4.49. The monoisotopic (exact) mass is 412 g/mol. The van der Waals surface area contributed by atoms with E-state index in [1.54, 1.807) is 6.20 Å². The summed E-state index contributed by atoms with van der Waals surface area (Å²) < 4.78 is 11.6. The Morgan fingerprint density at radius 1 is 1.41 bits per heavy atom. The predicted molar refractivity (Wildman–Crippen MR) is 93.0 cm³/mol. The Bertz CT molecular complexity index is 707. The molecule has 0 bridgehead atoms. The Balaban J connectivity index is 2.00. The first-order valence-corrected chi connectivity index (χ1v) is 8.19. The number of hydrogen-bond donors (Lipinski definition) is 0. The molecule has 0 amide bonds. The summed E-state index contributed by atoms with van der Waals surface area (Å²) >= 11 is 2.29. The summed E-state index contributed by atoms with van der Waals surface area (Å²) in [5.74, 6) is -0.329. The van der Waals surface area contributed by atoms with Crippen molar-refractivity contribution in [3.8, 4) is 0 Å². The summed E-state index contributed by atoms with van der Waals surface area (Å²) in [6.07, 6.45) is 1.21. The molecule has 1 fully saturated rings. The highest BCUT2D eigenvalue weighted by atomic mass is 127. The van der Waals surface area contributed by atoms with E-state index in [9.17, 15) is 4.79 Å². The predicted octanol–water partition coefficient (Wildman–Crippen LogP) is 2.61. The van der Waals surface area contributed by atoms with Crippen molar-refractivity contribution in [2.75, 3.05) is 25.1 Å². The molecule has 0 spiro atoms. The van der Waals surface area contributed by atoms with Crippen LogP contribution in [0.1, 0.15) is 6.92 Å². The Morgan fingerprint density at radius 3 is 3.00 bits per heavy atom. The average Bonchev–Trinajstić information content (AvgIpc) is 2.54. The normalized spacial score (nSPS) is 21.9. The molecular formula is C16H17IN2O3. The first-order chi connectivity index (χ1) is 10.6. The number of halogens is 1. The molecule has 1 aliphatic heterocycles. The number of carbonyl (C=O) groups is 1. The van der Waals surface area contributed by atoms with E-state index in [-0.39, 0.29) is 12.1 Å². The molecule has 1 aromatic carbocycles. The molecule has 6 heteroatoms. The molecule has 22 heavy (non-hydrogen) atoms. The maximum atomic E-state index is 11.8. The van der Waals surface area contributed by atoms with Crippen molar-refractivity contribution in [3.63, 3.8) is 0 Å². The van der Waals surface area contributed by atoms with Crippen LogP contribution in [0.25, 0.3) is 10.9 Å². The minimum Gasteiger partial charge on any atom is -0.467 e. The second kappa shape index (κ2) is 6.37. The van der Waals surface area contributed by atoms with Crippen LogP contribution in [0.5, 0.6) is 0 Å². The fourth-order valence-corrected chi connectivity index (χ4v) is 3.42. The number of fused-ring (bicyclic) bond motifs is 1. The highest BCUT2D eigenvalue weighted by molar-refractivity contribution is 14.1. The van der Waals surface area contributed by atoms with E-state index in [1.807, 2.05) is 13.0 Å². The van der Waals surface area contributed by atoms with Gasteiger partial charge in [0.2, 0.25) is 0 Å². The zero-order valence-electron chi connectivity index (χ0n) is 12.5. The Labute approximate surface area is 142 Å². The zero-order chi connectivity index (χ0) is 15.7. The van der Waals surface area contributed by atoms with Crippen LogP contribution in [0.4, 0.5) is 5.69 Å². The molecule has 0 unspecified atom stereocenters. The summed E-state index contributed by atoms with van der Waals surface area (Å²) in [6, 6.07) is 8.13. The van der Waals surface area contributed by atoms with Crippen LogP contribution < -0.4 is 4.90 Å². The van der Waals surface area contributed by atoms with Gasteiger partial charge in [-0.1, -0.05) is 0 Å². The Morgan fingerprint density at radius 2 is 2.23 bits per heavy atom. The lowest BCUT2D eigenvalue weighted by Crippen LogP contribution is -2.50.